The molecule has 1 fully saturated rings. The zero-order chi connectivity index (χ0) is 21.8. The normalized spacial score (nSPS) is 14.4. The summed E-state index contributed by atoms with van der Waals surface area (Å²) >= 11 is 0. The number of aromatic nitrogens is 2. The Kier molecular flexibility index (Phi) is 6.06. The summed E-state index contributed by atoms with van der Waals surface area (Å²) in [6.45, 7) is 3.37. The molecule has 1 aromatic heterocycles. The summed E-state index contributed by atoms with van der Waals surface area (Å²) in [6, 6.07) is 13.8. The number of nitrogens with zero attached hydrogens (tertiary/aromatic N) is 3. The Hall–Kier alpha value is -3.55. The van der Waals surface area contributed by atoms with Crippen molar-refractivity contribution in [3.8, 4) is 22.9 Å². The van der Waals surface area contributed by atoms with Crippen molar-refractivity contribution in [1.82, 2.24) is 10.1 Å². The Labute approximate surface area is 181 Å². The average Bonchev–Trinajstić information content (AvgIpc) is 3.29. The minimum absolute atomic E-state index is 0.0192. The first-order valence-corrected chi connectivity index (χ1v) is 10.3. The van der Waals surface area contributed by atoms with Crippen LogP contribution in [0.15, 0.2) is 47.0 Å². The number of aryl methyl sites for hydroxylation is 1. The molecule has 1 amide bonds. The lowest BCUT2D eigenvalue weighted by molar-refractivity contribution is -0.120. The molecule has 0 unspecified atom stereocenters. The number of hydrogen-bond acceptors (Lipinski definition) is 7. The number of piperidine rings is 1. The number of anilines is 2. The largest absolute Gasteiger partial charge is 0.497 e. The summed E-state index contributed by atoms with van der Waals surface area (Å²) in [5.41, 5.74) is 2.69. The summed E-state index contributed by atoms with van der Waals surface area (Å²) in [7, 11) is 3.16. The predicted octanol–water partition coefficient (Wildman–Crippen LogP) is 3.92. The quantitative estimate of drug-likeness (QED) is 0.644. The lowest BCUT2D eigenvalue weighted by Gasteiger charge is -2.29. The van der Waals surface area contributed by atoms with Gasteiger partial charge in [0.15, 0.2) is 0 Å². The molecule has 0 spiro atoms. The molecule has 8 nitrogen and oxygen atoms in total. The summed E-state index contributed by atoms with van der Waals surface area (Å²) in [4.78, 5) is 19.4. The van der Waals surface area contributed by atoms with E-state index in [1.807, 2.05) is 36.1 Å². The van der Waals surface area contributed by atoms with Gasteiger partial charge in [-0.05, 0) is 37.5 Å². The van der Waals surface area contributed by atoms with E-state index in [9.17, 15) is 4.79 Å². The van der Waals surface area contributed by atoms with Crippen molar-refractivity contribution < 1.29 is 18.8 Å². The van der Waals surface area contributed by atoms with Gasteiger partial charge in [0, 0.05) is 30.6 Å². The summed E-state index contributed by atoms with van der Waals surface area (Å²) < 4.78 is 16.1. The van der Waals surface area contributed by atoms with E-state index in [0.29, 0.717) is 55.0 Å². The van der Waals surface area contributed by atoms with Gasteiger partial charge in [-0.15, -0.1) is 0 Å². The van der Waals surface area contributed by atoms with Crippen LogP contribution in [0.2, 0.25) is 0 Å². The molecule has 1 saturated heterocycles. The Morgan fingerprint density at radius 3 is 2.61 bits per heavy atom. The molecule has 1 aliphatic rings. The van der Waals surface area contributed by atoms with Crippen LogP contribution in [0.3, 0.4) is 0 Å². The zero-order valence-corrected chi connectivity index (χ0v) is 17.9. The molecular weight excluding hydrogens is 396 g/mol. The molecule has 0 aliphatic carbocycles. The summed E-state index contributed by atoms with van der Waals surface area (Å²) in [6.07, 6.45) is 1.40. The third-order valence-corrected chi connectivity index (χ3v) is 5.60. The highest BCUT2D eigenvalue weighted by atomic mass is 16.5. The van der Waals surface area contributed by atoms with E-state index in [1.54, 1.807) is 32.4 Å². The average molecular weight is 422 g/mol. The number of ether oxygens (including phenoxy) is 2. The number of nitrogens with one attached hydrogen (secondary N) is 1. The van der Waals surface area contributed by atoms with Crippen LogP contribution in [0.4, 0.5) is 11.7 Å². The van der Waals surface area contributed by atoms with Crippen LogP contribution in [0, 0.1) is 12.8 Å². The van der Waals surface area contributed by atoms with E-state index in [4.69, 9.17) is 14.0 Å². The standard InChI is InChI=1S/C23H26N4O4/c1-15-6-4-5-7-18(15)21-25-23(31-26-21)27-12-10-16(11-13-27)22(28)24-19-9-8-17(29-2)14-20(19)30-3/h4-9,14,16H,10-13H2,1-3H3,(H,24,28). The van der Waals surface area contributed by atoms with Crippen LogP contribution in [-0.2, 0) is 4.79 Å². The maximum Gasteiger partial charge on any atom is 0.324 e. The van der Waals surface area contributed by atoms with Gasteiger partial charge in [0.1, 0.15) is 11.5 Å². The van der Waals surface area contributed by atoms with Crippen molar-refractivity contribution in [3.63, 3.8) is 0 Å². The lowest BCUT2D eigenvalue weighted by Crippen LogP contribution is -2.38. The third kappa shape index (κ3) is 4.47. The Balaban J connectivity index is 1.37. The van der Waals surface area contributed by atoms with Crippen LogP contribution in [0.5, 0.6) is 11.5 Å². The highest BCUT2D eigenvalue weighted by Crippen LogP contribution is 2.31. The van der Waals surface area contributed by atoms with Crippen LogP contribution >= 0.6 is 0 Å². The molecule has 1 aliphatic heterocycles. The van der Waals surface area contributed by atoms with Gasteiger partial charge < -0.3 is 24.2 Å². The molecular formula is C23H26N4O4. The van der Waals surface area contributed by atoms with Crippen molar-refractivity contribution in [2.24, 2.45) is 5.92 Å². The first kappa shape index (κ1) is 20.7. The molecule has 3 aromatic rings. The summed E-state index contributed by atoms with van der Waals surface area (Å²) in [5.74, 6) is 1.71. The van der Waals surface area contributed by atoms with E-state index >= 15 is 0 Å². The van der Waals surface area contributed by atoms with Gasteiger partial charge in [0.2, 0.25) is 11.7 Å². The van der Waals surface area contributed by atoms with E-state index in [2.05, 4.69) is 15.5 Å². The second-order valence-corrected chi connectivity index (χ2v) is 7.53. The molecule has 8 heteroatoms. The van der Waals surface area contributed by atoms with Crippen LogP contribution in [0.1, 0.15) is 18.4 Å². The number of carbonyl (C=O) groups is 1. The highest BCUT2D eigenvalue weighted by molar-refractivity contribution is 5.94. The fourth-order valence-electron chi connectivity index (χ4n) is 3.75. The van der Waals surface area contributed by atoms with Crippen molar-refractivity contribution in [3.05, 3.63) is 48.0 Å². The second kappa shape index (κ2) is 9.07. The number of hydrogen-bond donors (Lipinski definition) is 1. The molecule has 0 bridgehead atoms. The van der Waals surface area contributed by atoms with Crippen molar-refractivity contribution in [2.75, 3.05) is 37.5 Å². The predicted molar refractivity (Wildman–Crippen MR) is 118 cm³/mol. The lowest BCUT2D eigenvalue weighted by atomic mass is 9.96. The number of methoxy groups -OCH3 is 2. The first-order valence-electron chi connectivity index (χ1n) is 10.3. The third-order valence-electron chi connectivity index (χ3n) is 5.60. The Bertz CT molecular complexity index is 1060. The van der Waals surface area contributed by atoms with E-state index in [0.717, 1.165) is 11.1 Å². The maximum absolute atomic E-state index is 12.8. The molecule has 31 heavy (non-hydrogen) atoms. The molecule has 0 radical (unpaired) electrons. The molecule has 2 aromatic carbocycles. The Morgan fingerprint density at radius 2 is 1.90 bits per heavy atom. The topological polar surface area (TPSA) is 89.7 Å². The van der Waals surface area contributed by atoms with Gasteiger partial charge in [0.05, 0.1) is 19.9 Å². The Morgan fingerprint density at radius 1 is 1.13 bits per heavy atom. The molecule has 2 heterocycles. The monoisotopic (exact) mass is 422 g/mol. The number of carbonyl (C=O) groups excluding carboxylic acids is 1. The maximum atomic E-state index is 12.8. The van der Waals surface area contributed by atoms with E-state index in [1.165, 1.54) is 0 Å². The van der Waals surface area contributed by atoms with Crippen molar-refractivity contribution >= 4 is 17.6 Å². The second-order valence-electron chi connectivity index (χ2n) is 7.53. The van der Waals surface area contributed by atoms with E-state index in [-0.39, 0.29) is 11.8 Å². The zero-order valence-electron chi connectivity index (χ0n) is 17.9. The molecule has 1 N–H and O–H groups in total. The minimum Gasteiger partial charge on any atom is -0.497 e. The van der Waals surface area contributed by atoms with Gasteiger partial charge in [-0.3, -0.25) is 4.79 Å². The highest BCUT2D eigenvalue weighted by Gasteiger charge is 2.28. The molecule has 0 atom stereocenters. The van der Waals surface area contributed by atoms with Crippen LogP contribution in [0.25, 0.3) is 11.4 Å². The van der Waals surface area contributed by atoms with Crippen molar-refractivity contribution in [2.45, 2.75) is 19.8 Å². The summed E-state index contributed by atoms with van der Waals surface area (Å²) in [5, 5.41) is 7.11. The molecule has 162 valence electrons. The van der Waals surface area contributed by atoms with Gasteiger partial charge in [-0.25, -0.2) is 0 Å². The number of amides is 1. The molecule has 4 rings (SSSR count). The van der Waals surface area contributed by atoms with E-state index < -0.39 is 0 Å². The van der Waals surface area contributed by atoms with Gasteiger partial charge >= 0.3 is 6.01 Å². The SMILES string of the molecule is COc1ccc(NC(=O)C2CCN(c3nc(-c4ccccc4C)no3)CC2)c(OC)c1. The minimum atomic E-state index is -0.0955. The fraction of sp³-hybridized carbons (Fsp3) is 0.348. The van der Waals surface area contributed by atoms with Gasteiger partial charge in [-0.1, -0.05) is 29.4 Å². The first-order chi connectivity index (χ1) is 15.1. The van der Waals surface area contributed by atoms with Crippen LogP contribution in [-0.4, -0.2) is 43.4 Å². The van der Waals surface area contributed by atoms with Gasteiger partial charge in [-0.2, -0.15) is 4.98 Å². The molecule has 0 saturated carbocycles. The smallest absolute Gasteiger partial charge is 0.324 e. The van der Waals surface area contributed by atoms with Gasteiger partial charge in [0.25, 0.3) is 0 Å². The number of benzene rings is 2. The van der Waals surface area contributed by atoms with Crippen LogP contribution < -0.4 is 19.7 Å². The fourth-order valence-corrected chi connectivity index (χ4v) is 3.75. The van der Waals surface area contributed by atoms with Crippen molar-refractivity contribution in [1.29, 1.82) is 0 Å². The number of rotatable bonds is 6.